The molecule has 0 radical (unpaired) electrons. The van der Waals surface area contributed by atoms with Gasteiger partial charge in [0.1, 0.15) is 11.5 Å². The number of aryl methyl sites for hydroxylation is 1. The number of ether oxygens (including phenoxy) is 2. The summed E-state index contributed by atoms with van der Waals surface area (Å²) in [7, 11) is 3.16. The van der Waals surface area contributed by atoms with Crippen molar-refractivity contribution in [2.45, 2.75) is 13.3 Å². The number of hydrogen-bond donors (Lipinski definition) is 2. The van der Waals surface area contributed by atoms with E-state index in [2.05, 4.69) is 10.3 Å². The molecule has 25 heavy (non-hydrogen) atoms. The van der Waals surface area contributed by atoms with Crippen LogP contribution in [0.25, 0.3) is 10.9 Å². The fourth-order valence-corrected chi connectivity index (χ4v) is 2.88. The van der Waals surface area contributed by atoms with Gasteiger partial charge in [0.15, 0.2) is 0 Å². The molecule has 2 N–H and O–H groups in total. The molecule has 0 aliphatic carbocycles. The Morgan fingerprint density at radius 2 is 2.00 bits per heavy atom. The molecule has 2 aromatic carbocycles. The normalized spacial score (nSPS) is 10.7. The number of H-pyrrole nitrogens is 1. The maximum atomic E-state index is 12.5. The Morgan fingerprint density at radius 1 is 1.20 bits per heavy atom. The fourth-order valence-electron chi connectivity index (χ4n) is 2.73. The lowest BCUT2D eigenvalue weighted by Crippen LogP contribution is -2.15. The Hall–Kier alpha value is -2.66. The number of benzene rings is 2. The van der Waals surface area contributed by atoms with E-state index in [1.807, 2.05) is 31.3 Å². The fraction of sp³-hybridized carbons (Fsp3) is 0.211. The topological polar surface area (TPSA) is 63.4 Å². The van der Waals surface area contributed by atoms with Gasteiger partial charge in [-0.2, -0.15) is 0 Å². The summed E-state index contributed by atoms with van der Waals surface area (Å²) in [6.07, 6.45) is 2.08. The summed E-state index contributed by atoms with van der Waals surface area (Å²) >= 11 is 6.10. The summed E-state index contributed by atoms with van der Waals surface area (Å²) < 4.78 is 10.6. The Kier molecular flexibility index (Phi) is 4.86. The molecule has 0 bridgehead atoms. The number of rotatable bonds is 5. The van der Waals surface area contributed by atoms with Crippen molar-refractivity contribution >= 4 is 34.1 Å². The number of hydrogen-bond acceptors (Lipinski definition) is 3. The smallest absolute Gasteiger partial charge is 0.228 e. The molecule has 1 aromatic heterocycles. The van der Waals surface area contributed by atoms with Crippen LogP contribution in [0.4, 0.5) is 5.69 Å². The van der Waals surface area contributed by atoms with Gasteiger partial charge in [0.05, 0.1) is 26.3 Å². The van der Waals surface area contributed by atoms with Crippen LogP contribution in [0.1, 0.15) is 11.1 Å². The average molecular weight is 359 g/mol. The second-order valence-electron chi connectivity index (χ2n) is 5.75. The van der Waals surface area contributed by atoms with Crippen LogP contribution in [-0.2, 0) is 11.2 Å². The zero-order valence-corrected chi connectivity index (χ0v) is 15.0. The molecule has 0 aliphatic heterocycles. The van der Waals surface area contributed by atoms with Gasteiger partial charge in [0.25, 0.3) is 0 Å². The molecular formula is C19H19ClN2O3. The molecule has 0 atom stereocenters. The number of fused-ring (bicyclic) bond motifs is 1. The summed E-state index contributed by atoms with van der Waals surface area (Å²) in [6.45, 7) is 1.88. The SMILES string of the molecule is COc1ccc2[nH]cc(CC(=O)Nc3cc(C)c(Cl)cc3OC)c2c1. The van der Waals surface area contributed by atoms with Crippen molar-refractivity contribution in [2.24, 2.45) is 0 Å². The van der Waals surface area contributed by atoms with E-state index >= 15 is 0 Å². The highest BCUT2D eigenvalue weighted by molar-refractivity contribution is 6.31. The molecule has 5 nitrogen and oxygen atoms in total. The number of anilines is 1. The third kappa shape index (κ3) is 3.56. The first-order valence-corrected chi connectivity index (χ1v) is 8.17. The number of methoxy groups -OCH3 is 2. The van der Waals surface area contributed by atoms with Crippen molar-refractivity contribution in [1.82, 2.24) is 4.98 Å². The van der Waals surface area contributed by atoms with Gasteiger partial charge in [0, 0.05) is 28.2 Å². The second kappa shape index (κ2) is 7.07. The van der Waals surface area contributed by atoms with Crippen LogP contribution in [0.2, 0.25) is 5.02 Å². The van der Waals surface area contributed by atoms with Crippen LogP contribution < -0.4 is 14.8 Å². The molecule has 130 valence electrons. The van der Waals surface area contributed by atoms with Crippen LogP contribution in [0, 0.1) is 6.92 Å². The second-order valence-corrected chi connectivity index (χ2v) is 6.16. The predicted molar refractivity (Wildman–Crippen MR) is 99.9 cm³/mol. The number of aromatic nitrogens is 1. The van der Waals surface area contributed by atoms with Crippen LogP contribution in [0.3, 0.4) is 0 Å². The van der Waals surface area contributed by atoms with Crippen LogP contribution in [0.5, 0.6) is 11.5 Å². The maximum Gasteiger partial charge on any atom is 0.228 e. The van der Waals surface area contributed by atoms with Gasteiger partial charge in [-0.05, 0) is 42.3 Å². The number of nitrogens with one attached hydrogen (secondary N) is 2. The first-order chi connectivity index (χ1) is 12.0. The third-order valence-electron chi connectivity index (χ3n) is 4.08. The number of halogens is 1. The molecule has 0 saturated heterocycles. The van der Waals surface area contributed by atoms with Crippen molar-refractivity contribution in [1.29, 1.82) is 0 Å². The molecule has 0 spiro atoms. The lowest BCUT2D eigenvalue weighted by atomic mass is 10.1. The first kappa shape index (κ1) is 17.2. The Balaban J connectivity index is 1.83. The minimum Gasteiger partial charge on any atom is -0.497 e. The number of carbonyl (C=O) groups is 1. The van der Waals surface area contributed by atoms with E-state index < -0.39 is 0 Å². The summed E-state index contributed by atoms with van der Waals surface area (Å²) in [5.41, 5.74) is 3.33. The van der Waals surface area contributed by atoms with E-state index in [1.54, 1.807) is 26.4 Å². The Labute approximate surface area is 150 Å². The minimum atomic E-state index is -0.135. The highest BCUT2D eigenvalue weighted by atomic mass is 35.5. The van der Waals surface area contributed by atoms with E-state index in [0.717, 1.165) is 27.8 Å². The van der Waals surface area contributed by atoms with Gasteiger partial charge in [-0.15, -0.1) is 0 Å². The molecule has 0 fully saturated rings. The number of aromatic amines is 1. The van der Waals surface area contributed by atoms with Gasteiger partial charge in [-0.1, -0.05) is 11.6 Å². The average Bonchev–Trinajstić information content (AvgIpc) is 2.99. The first-order valence-electron chi connectivity index (χ1n) is 7.80. The molecule has 0 aliphatic rings. The van der Waals surface area contributed by atoms with Gasteiger partial charge in [0.2, 0.25) is 5.91 Å². The molecular weight excluding hydrogens is 340 g/mol. The third-order valence-corrected chi connectivity index (χ3v) is 4.49. The summed E-state index contributed by atoms with van der Waals surface area (Å²) in [5, 5.41) is 4.46. The number of amides is 1. The standard InChI is InChI=1S/C19H19ClN2O3/c1-11-6-17(18(25-3)9-15(11)20)22-19(23)7-12-10-21-16-5-4-13(24-2)8-14(12)16/h4-6,8-10,21H,7H2,1-3H3,(H,22,23). The Bertz CT molecular complexity index is 934. The van der Waals surface area contributed by atoms with Crippen LogP contribution in [-0.4, -0.2) is 25.1 Å². The van der Waals surface area contributed by atoms with Crippen molar-refractivity contribution in [3.05, 3.63) is 52.7 Å². The molecule has 0 saturated carbocycles. The molecule has 3 rings (SSSR count). The largest absolute Gasteiger partial charge is 0.497 e. The number of carbonyl (C=O) groups excluding carboxylic acids is 1. The quantitative estimate of drug-likeness (QED) is 0.713. The maximum absolute atomic E-state index is 12.5. The molecule has 3 aromatic rings. The van der Waals surface area contributed by atoms with Gasteiger partial charge < -0.3 is 19.8 Å². The highest BCUT2D eigenvalue weighted by Crippen LogP contribution is 2.31. The van der Waals surface area contributed by atoms with Gasteiger partial charge in [-0.25, -0.2) is 0 Å². The van der Waals surface area contributed by atoms with Gasteiger partial charge >= 0.3 is 0 Å². The van der Waals surface area contributed by atoms with Crippen LogP contribution >= 0.6 is 11.6 Å². The summed E-state index contributed by atoms with van der Waals surface area (Å²) in [6, 6.07) is 9.23. The monoisotopic (exact) mass is 358 g/mol. The summed E-state index contributed by atoms with van der Waals surface area (Å²) in [5.74, 6) is 1.15. The van der Waals surface area contributed by atoms with Crippen molar-refractivity contribution in [3.63, 3.8) is 0 Å². The highest BCUT2D eigenvalue weighted by Gasteiger charge is 2.13. The molecule has 1 amide bonds. The Morgan fingerprint density at radius 3 is 2.72 bits per heavy atom. The van der Waals surface area contributed by atoms with E-state index in [4.69, 9.17) is 21.1 Å². The molecule has 1 heterocycles. The van der Waals surface area contributed by atoms with Crippen LogP contribution in [0.15, 0.2) is 36.5 Å². The zero-order valence-electron chi connectivity index (χ0n) is 14.3. The van der Waals surface area contributed by atoms with Crippen molar-refractivity contribution in [2.75, 3.05) is 19.5 Å². The van der Waals surface area contributed by atoms with E-state index in [1.165, 1.54) is 0 Å². The predicted octanol–water partition coefficient (Wildman–Crippen LogP) is 4.33. The van der Waals surface area contributed by atoms with Crippen molar-refractivity contribution in [3.8, 4) is 11.5 Å². The van der Waals surface area contributed by atoms with Gasteiger partial charge in [-0.3, -0.25) is 4.79 Å². The lowest BCUT2D eigenvalue weighted by molar-refractivity contribution is -0.115. The van der Waals surface area contributed by atoms with E-state index in [0.29, 0.717) is 16.5 Å². The molecule has 0 unspecified atom stereocenters. The van der Waals surface area contributed by atoms with E-state index in [-0.39, 0.29) is 12.3 Å². The molecule has 6 heteroatoms. The zero-order chi connectivity index (χ0) is 18.0. The van der Waals surface area contributed by atoms with Crippen molar-refractivity contribution < 1.29 is 14.3 Å². The van der Waals surface area contributed by atoms with E-state index in [9.17, 15) is 4.79 Å². The lowest BCUT2D eigenvalue weighted by Gasteiger charge is -2.12. The minimum absolute atomic E-state index is 0.135. The summed E-state index contributed by atoms with van der Waals surface area (Å²) in [4.78, 5) is 15.7.